The number of ketones is 1. The number of ether oxygens (including phenoxy) is 1. The van der Waals surface area contributed by atoms with Crippen LogP contribution in [0.1, 0.15) is 6.42 Å². The maximum absolute atomic E-state index is 10.8. The van der Waals surface area contributed by atoms with E-state index in [1.807, 2.05) is 0 Å². The van der Waals surface area contributed by atoms with Crippen LogP contribution in [0.5, 0.6) is 0 Å². The van der Waals surface area contributed by atoms with Gasteiger partial charge in [-0.3, -0.25) is 4.79 Å². The van der Waals surface area contributed by atoms with Crippen molar-refractivity contribution in [1.29, 1.82) is 0 Å². The van der Waals surface area contributed by atoms with Crippen LogP contribution in [0.25, 0.3) is 0 Å². The molecule has 0 heterocycles. The lowest BCUT2D eigenvalue weighted by Crippen LogP contribution is -2.18. The van der Waals surface area contributed by atoms with E-state index < -0.39 is 5.97 Å². The van der Waals surface area contributed by atoms with Crippen molar-refractivity contribution < 1.29 is 19.4 Å². The lowest BCUT2D eigenvalue weighted by Gasteiger charge is -1.97. The van der Waals surface area contributed by atoms with Gasteiger partial charge >= 0.3 is 5.97 Å². The number of carbonyl (C=O) groups is 2. The first-order valence-corrected chi connectivity index (χ1v) is 3.81. The third-order valence-corrected chi connectivity index (χ3v) is 1.23. The molecule has 2 N–H and O–H groups in total. The number of rotatable bonds is 6. The molecule has 74 valence electrons. The largest absolute Gasteiger partial charge is 0.466 e. The molecule has 0 rings (SSSR count). The van der Waals surface area contributed by atoms with Crippen molar-refractivity contribution in [3.05, 3.63) is 12.3 Å². The van der Waals surface area contributed by atoms with Gasteiger partial charge in [0.2, 0.25) is 0 Å². The van der Waals surface area contributed by atoms with Crippen LogP contribution >= 0.6 is 0 Å². The van der Waals surface area contributed by atoms with Crippen LogP contribution in [0.15, 0.2) is 12.3 Å². The molecule has 5 nitrogen and oxygen atoms in total. The van der Waals surface area contributed by atoms with Gasteiger partial charge < -0.3 is 15.2 Å². The van der Waals surface area contributed by atoms with Crippen molar-refractivity contribution in [2.24, 2.45) is 0 Å². The minimum Gasteiger partial charge on any atom is -0.466 e. The van der Waals surface area contributed by atoms with E-state index >= 15 is 0 Å². The number of hydrogen-bond donors (Lipinski definition) is 2. The molecule has 0 unspecified atom stereocenters. The fourth-order valence-corrected chi connectivity index (χ4v) is 0.581. The Kier molecular flexibility index (Phi) is 6.53. The monoisotopic (exact) mass is 187 g/mol. The molecule has 0 aliphatic rings. The Labute approximate surface area is 76.4 Å². The summed E-state index contributed by atoms with van der Waals surface area (Å²) >= 11 is 0. The van der Waals surface area contributed by atoms with E-state index in [2.05, 4.69) is 10.1 Å². The number of hydrogen-bond acceptors (Lipinski definition) is 5. The molecule has 0 aliphatic heterocycles. The maximum atomic E-state index is 10.8. The predicted molar refractivity (Wildman–Crippen MR) is 45.9 cm³/mol. The van der Waals surface area contributed by atoms with Crippen molar-refractivity contribution in [2.75, 3.05) is 20.3 Å². The topological polar surface area (TPSA) is 75.6 Å². The highest BCUT2D eigenvalue weighted by Gasteiger charge is 1.97. The van der Waals surface area contributed by atoms with Crippen LogP contribution < -0.4 is 5.32 Å². The summed E-state index contributed by atoms with van der Waals surface area (Å²) in [4.78, 5) is 21.3. The molecule has 0 fully saturated rings. The van der Waals surface area contributed by atoms with E-state index in [1.54, 1.807) is 0 Å². The number of nitrogens with one attached hydrogen (secondary N) is 1. The van der Waals surface area contributed by atoms with Crippen LogP contribution in [0.3, 0.4) is 0 Å². The minimum absolute atomic E-state index is 0.105. The summed E-state index contributed by atoms with van der Waals surface area (Å²) in [6.07, 6.45) is 2.63. The van der Waals surface area contributed by atoms with Crippen molar-refractivity contribution >= 4 is 11.8 Å². The third kappa shape index (κ3) is 7.02. The summed E-state index contributed by atoms with van der Waals surface area (Å²) in [6.45, 7) is -0.0463. The summed E-state index contributed by atoms with van der Waals surface area (Å²) in [5, 5.41) is 11.0. The number of esters is 1. The molecule has 0 saturated carbocycles. The predicted octanol–water partition coefficient (Wildman–Crippen LogP) is -0.786. The summed E-state index contributed by atoms with van der Waals surface area (Å²) in [5.41, 5.74) is 0. The molecular weight excluding hydrogens is 174 g/mol. The van der Waals surface area contributed by atoms with Crippen LogP contribution in [0, 0.1) is 0 Å². The Morgan fingerprint density at radius 2 is 2.23 bits per heavy atom. The second kappa shape index (κ2) is 7.30. The van der Waals surface area contributed by atoms with Gasteiger partial charge in [-0.1, -0.05) is 0 Å². The summed E-state index contributed by atoms with van der Waals surface area (Å²) in [6, 6.07) is 0. The van der Waals surface area contributed by atoms with Gasteiger partial charge in [0.05, 0.1) is 20.3 Å². The van der Waals surface area contributed by atoms with Crippen molar-refractivity contribution in [3.63, 3.8) is 0 Å². The van der Waals surface area contributed by atoms with Gasteiger partial charge in [0.15, 0.2) is 5.78 Å². The van der Waals surface area contributed by atoms with Crippen LogP contribution in [-0.2, 0) is 14.3 Å². The molecule has 5 heteroatoms. The molecule has 0 atom stereocenters. The smallest absolute Gasteiger partial charge is 0.331 e. The normalized spacial score (nSPS) is 10.0. The van der Waals surface area contributed by atoms with E-state index in [1.165, 1.54) is 19.4 Å². The summed E-state index contributed by atoms with van der Waals surface area (Å²) in [7, 11) is 1.27. The lowest BCUT2D eigenvalue weighted by molar-refractivity contribution is -0.134. The van der Waals surface area contributed by atoms with Crippen molar-refractivity contribution in [1.82, 2.24) is 5.32 Å². The highest BCUT2D eigenvalue weighted by Crippen LogP contribution is 1.79. The number of aliphatic hydroxyl groups is 1. The van der Waals surface area contributed by atoms with E-state index in [0.29, 0.717) is 0 Å². The number of Topliss-reactive ketones (excluding diaryl/α,β-unsaturated/α-hetero) is 1. The number of methoxy groups -OCH3 is 1. The van der Waals surface area contributed by atoms with E-state index in [4.69, 9.17) is 5.11 Å². The zero-order chi connectivity index (χ0) is 10.1. The van der Waals surface area contributed by atoms with E-state index in [-0.39, 0.29) is 25.4 Å². The zero-order valence-corrected chi connectivity index (χ0v) is 7.45. The second-order valence-electron chi connectivity index (χ2n) is 2.25. The first-order chi connectivity index (χ1) is 6.20. The Morgan fingerprint density at radius 1 is 1.54 bits per heavy atom. The molecule has 0 aliphatic carbocycles. The standard InChI is InChI=1S/C8H13NO4/c1-13-8(12)2-4-9-6-7(11)3-5-10/h2,4,9-10H,3,5-6H2,1H3/b4-2+. The van der Waals surface area contributed by atoms with Gasteiger partial charge in [-0.25, -0.2) is 4.79 Å². The molecule has 0 aromatic carbocycles. The molecular formula is C8H13NO4. The first-order valence-electron chi connectivity index (χ1n) is 3.81. The molecule has 0 bridgehead atoms. The van der Waals surface area contributed by atoms with E-state index in [9.17, 15) is 9.59 Å². The minimum atomic E-state index is -0.484. The van der Waals surface area contributed by atoms with Crippen molar-refractivity contribution in [3.8, 4) is 0 Å². The molecule has 0 saturated heterocycles. The molecule has 0 aromatic heterocycles. The maximum Gasteiger partial charge on any atom is 0.331 e. The number of aliphatic hydroxyl groups excluding tert-OH is 1. The van der Waals surface area contributed by atoms with Gasteiger partial charge in [0.25, 0.3) is 0 Å². The lowest BCUT2D eigenvalue weighted by atomic mass is 10.3. The van der Waals surface area contributed by atoms with Gasteiger partial charge in [-0.15, -0.1) is 0 Å². The van der Waals surface area contributed by atoms with Gasteiger partial charge in [-0.05, 0) is 0 Å². The van der Waals surface area contributed by atoms with Gasteiger partial charge in [0.1, 0.15) is 0 Å². The molecule has 0 amide bonds. The molecule has 0 spiro atoms. The highest BCUT2D eigenvalue weighted by molar-refractivity contribution is 5.82. The Morgan fingerprint density at radius 3 is 2.77 bits per heavy atom. The Balaban J connectivity index is 3.49. The second-order valence-corrected chi connectivity index (χ2v) is 2.25. The Hall–Kier alpha value is -1.36. The van der Waals surface area contributed by atoms with E-state index in [0.717, 1.165) is 0 Å². The summed E-state index contributed by atoms with van der Waals surface area (Å²) in [5.74, 6) is -0.598. The SMILES string of the molecule is COC(=O)/C=C/NCC(=O)CCO. The quantitative estimate of drug-likeness (QED) is 0.421. The van der Waals surface area contributed by atoms with Gasteiger partial charge in [0, 0.05) is 18.7 Å². The average Bonchev–Trinajstić information content (AvgIpc) is 2.12. The van der Waals surface area contributed by atoms with Crippen LogP contribution in [0.4, 0.5) is 0 Å². The average molecular weight is 187 g/mol. The van der Waals surface area contributed by atoms with Crippen molar-refractivity contribution in [2.45, 2.75) is 6.42 Å². The molecule has 13 heavy (non-hydrogen) atoms. The first kappa shape index (κ1) is 11.6. The highest BCUT2D eigenvalue weighted by atomic mass is 16.5. The fourth-order valence-electron chi connectivity index (χ4n) is 0.581. The molecule has 0 aromatic rings. The Bertz CT molecular complexity index is 200. The third-order valence-electron chi connectivity index (χ3n) is 1.23. The zero-order valence-electron chi connectivity index (χ0n) is 7.45. The van der Waals surface area contributed by atoms with Crippen LogP contribution in [0.2, 0.25) is 0 Å². The van der Waals surface area contributed by atoms with Gasteiger partial charge in [-0.2, -0.15) is 0 Å². The number of carbonyl (C=O) groups excluding carboxylic acids is 2. The fraction of sp³-hybridized carbons (Fsp3) is 0.500. The summed E-state index contributed by atoms with van der Waals surface area (Å²) < 4.78 is 4.31. The molecule has 0 radical (unpaired) electrons. The van der Waals surface area contributed by atoms with Crippen LogP contribution in [-0.4, -0.2) is 37.1 Å².